The van der Waals surface area contributed by atoms with E-state index in [0.29, 0.717) is 5.56 Å². The van der Waals surface area contributed by atoms with Crippen LogP contribution in [0.2, 0.25) is 0 Å². The molecule has 27 heavy (non-hydrogen) atoms. The minimum atomic E-state index is -5.09. The molecule has 2 aromatic rings. The van der Waals surface area contributed by atoms with Crippen molar-refractivity contribution in [3.8, 4) is 5.75 Å². The van der Waals surface area contributed by atoms with Crippen molar-refractivity contribution in [3.05, 3.63) is 65.0 Å². The predicted molar refractivity (Wildman–Crippen MR) is 87.9 cm³/mol. The summed E-state index contributed by atoms with van der Waals surface area (Å²) in [5, 5.41) is 8.71. The molecule has 0 radical (unpaired) electrons. The fraction of sp³-hybridized carbons (Fsp3) is 0.263. The van der Waals surface area contributed by atoms with Gasteiger partial charge in [0.2, 0.25) is 0 Å². The fourth-order valence-corrected chi connectivity index (χ4v) is 2.49. The first-order valence-corrected chi connectivity index (χ1v) is 7.93. The summed E-state index contributed by atoms with van der Waals surface area (Å²) in [6.07, 6.45) is -5.71. The zero-order valence-corrected chi connectivity index (χ0v) is 14.2. The Bertz CT molecular complexity index is 832. The predicted octanol–water partition coefficient (Wildman–Crippen LogP) is 4.72. The number of rotatable bonds is 7. The Kier molecular flexibility index (Phi) is 6.20. The summed E-state index contributed by atoms with van der Waals surface area (Å²) in [6, 6.07) is 10.1. The van der Waals surface area contributed by atoms with Gasteiger partial charge in [-0.2, -0.15) is 13.2 Å². The quantitative estimate of drug-likeness (QED) is 0.554. The van der Waals surface area contributed by atoms with Crippen LogP contribution in [-0.4, -0.2) is 16.9 Å². The van der Waals surface area contributed by atoms with Gasteiger partial charge in [0.15, 0.2) is 5.78 Å². The van der Waals surface area contributed by atoms with Crippen molar-refractivity contribution in [2.24, 2.45) is 5.92 Å². The average Bonchev–Trinajstić information content (AvgIpc) is 2.58. The molecule has 0 bridgehead atoms. The third-order valence-corrected chi connectivity index (χ3v) is 3.82. The Morgan fingerprint density at radius 2 is 1.74 bits per heavy atom. The number of carbonyl (C=O) groups is 2. The molecule has 0 saturated carbocycles. The highest BCUT2D eigenvalue weighted by molar-refractivity contribution is 5.99. The lowest BCUT2D eigenvalue weighted by Gasteiger charge is -2.17. The molecule has 144 valence electrons. The van der Waals surface area contributed by atoms with E-state index in [1.54, 1.807) is 30.3 Å². The summed E-state index contributed by atoms with van der Waals surface area (Å²) >= 11 is 0. The maximum atomic E-state index is 14.5. The molecule has 2 rings (SSSR count). The van der Waals surface area contributed by atoms with Crippen molar-refractivity contribution in [1.82, 2.24) is 0 Å². The molecule has 8 heteroatoms. The molecule has 0 aliphatic rings. The second-order valence-electron chi connectivity index (χ2n) is 5.94. The van der Waals surface area contributed by atoms with Crippen LogP contribution in [0.5, 0.6) is 5.75 Å². The third-order valence-electron chi connectivity index (χ3n) is 3.82. The number of hydrogen-bond acceptors (Lipinski definition) is 3. The number of carboxylic acid groups (broad SMARTS) is 1. The van der Waals surface area contributed by atoms with Crippen LogP contribution in [0.15, 0.2) is 42.5 Å². The van der Waals surface area contributed by atoms with E-state index in [1.807, 2.05) is 0 Å². The van der Waals surface area contributed by atoms with Crippen molar-refractivity contribution in [3.63, 3.8) is 0 Å². The number of carbonyl (C=O) groups excluding carboxylic acids is 1. The van der Waals surface area contributed by atoms with Gasteiger partial charge in [0.1, 0.15) is 23.7 Å². The Balaban J connectivity index is 2.38. The van der Waals surface area contributed by atoms with E-state index >= 15 is 0 Å². The zero-order chi connectivity index (χ0) is 20.2. The summed E-state index contributed by atoms with van der Waals surface area (Å²) in [5.41, 5.74) is -1.92. The van der Waals surface area contributed by atoms with Gasteiger partial charge in [-0.05, 0) is 17.7 Å². The van der Waals surface area contributed by atoms with E-state index in [0.717, 1.165) is 12.1 Å². The second-order valence-corrected chi connectivity index (χ2v) is 5.94. The van der Waals surface area contributed by atoms with Crippen molar-refractivity contribution in [2.45, 2.75) is 26.1 Å². The molecule has 0 heterocycles. The van der Waals surface area contributed by atoms with Gasteiger partial charge in [-0.1, -0.05) is 37.3 Å². The van der Waals surface area contributed by atoms with E-state index in [4.69, 9.17) is 9.84 Å². The van der Waals surface area contributed by atoms with Crippen LogP contribution in [0.1, 0.15) is 34.8 Å². The average molecular weight is 384 g/mol. The largest absolute Gasteiger partial charge is 0.488 e. The van der Waals surface area contributed by atoms with Crippen molar-refractivity contribution >= 4 is 11.8 Å². The number of benzene rings is 2. The summed E-state index contributed by atoms with van der Waals surface area (Å²) in [6.45, 7) is 0.995. The van der Waals surface area contributed by atoms with Crippen LogP contribution in [-0.2, 0) is 17.6 Å². The van der Waals surface area contributed by atoms with E-state index < -0.39 is 53.0 Å². The molecule has 1 N–H and O–H groups in total. The summed E-state index contributed by atoms with van der Waals surface area (Å²) in [5.74, 6) is -6.01. The van der Waals surface area contributed by atoms with Gasteiger partial charge in [0.25, 0.3) is 0 Å². The van der Waals surface area contributed by atoms with Gasteiger partial charge < -0.3 is 9.84 Å². The number of ether oxygens (including phenoxy) is 1. The highest BCUT2D eigenvalue weighted by Crippen LogP contribution is 2.40. The second kappa shape index (κ2) is 8.20. The fourth-order valence-electron chi connectivity index (χ4n) is 2.49. The van der Waals surface area contributed by atoms with Gasteiger partial charge in [-0.3, -0.25) is 9.59 Å². The molecule has 0 aliphatic heterocycles. The zero-order valence-electron chi connectivity index (χ0n) is 14.2. The SMILES string of the molecule is CC(CC(=O)O)C(=O)c1ccc(OCc2ccccc2)c(C(F)(F)F)c1F. The van der Waals surface area contributed by atoms with Crippen LogP contribution < -0.4 is 4.74 Å². The van der Waals surface area contributed by atoms with Gasteiger partial charge >= 0.3 is 12.1 Å². The lowest BCUT2D eigenvalue weighted by Crippen LogP contribution is -2.20. The van der Waals surface area contributed by atoms with E-state index in [1.165, 1.54) is 6.92 Å². The summed E-state index contributed by atoms with van der Waals surface area (Å²) < 4.78 is 59.8. The molecular weight excluding hydrogens is 368 g/mol. The van der Waals surface area contributed by atoms with Crippen molar-refractivity contribution in [1.29, 1.82) is 0 Å². The van der Waals surface area contributed by atoms with E-state index in [9.17, 15) is 27.2 Å². The van der Waals surface area contributed by atoms with E-state index in [2.05, 4.69) is 0 Å². The molecule has 1 atom stereocenters. The maximum absolute atomic E-state index is 14.5. The van der Waals surface area contributed by atoms with Crippen LogP contribution in [0.3, 0.4) is 0 Å². The molecule has 0 aromatic heterocycles. The lowest BCUT2D eigenvalue weighted by molar-refractivity contribution is -0.141. The number of halogens is 4. The molecule has 2 aromatic carbocycles. The monoisotopic (exact) mass is 384 g/mol. The summed E-state index contributed by atoms with van der Waals surface area (Å²) in [7, 11) is 0. The normalized spacial score (nSPS) is 12.5. The Hall–Kier alpha value is -2.90. The Labute approximate surface area is 152 Å². The first kappa shape index (κ1) is 20.4. The van der Waals surface area contributed by atoms with Gasteiger partial charge in [0, 0.05) is 5.92 Å². The molecule has 0 aliphatic carbocycles. The van der Waals surface area contributed by atoms with Crippen molar-refractivity contribution < 1.29 is 37.0 Å². The van der Waals surface area contributed by atoms with Crippen LogP contribution in [0.4, 0.5) is 17.6 Å². The number of aliphatic carboxylic acids is 1. The lowest BCUT2D eigenvalue weighted by atomic mass is 9.94. The van der Waals surface area contributed by atoms with Gasteiger partial charge in [-0.15, -0.1) is 0 Å². The molecule has 0 amide bonds. The van der Waals surface area contributed by atoms with Crippen LogP contribution >= 0.6 is 0 Å². The third kappa shape index (κ3) is 5.06. The Morgan fingerprint density at radius 1 is 1.11 bits per heavy atom. The van der Waals surface area contributed by atoms with Gasteiger partial charge in [0.05, 0.1) is 12.0 Å². The standard InChI is InChI=1S/C19H16F4O4/c1-11(9-15(24)25)18(26)13-7-8-14(16(17(13)20)19(21,22)23)27-10-12-5-3-2-4-6-12/h2-8,11H,9-10H2,1H3,(H,24,25). The van der Waals surface area contributed by atoms with Crippen molar-refractivity contribution in [2.75, 3.05) is 0 Å². The Morgan fingerprint density at radius 3 is 2.30 bits per heavy atom. The highest BCUT2D eigenvalue weighted by atomic mass is 19.4. The van der Waals surface area contributed by atoms with E-state index in [-0.39, 0.29) is 6.61 Å². The molecule has 0 spiro atoms. The molecule has 0 saturated heterocycles. The number of alkyl halides is 3. The number of hydrogen-bond donors (Lipinski definition) is 1. The minimum absolute atomic E-state index is 0.216. The highest BCUT2D eigenvalue weighted by Gasteiger charge is 2.40. The smallest absolute Gasteiger partial charge is 0.422 e. The molecule has 4 nitrogen and oxygen atoms in total. The topological polar surface area (TPSA) is 63.6 Å². The van der Waals surface area contributed by atoms with Crippen LogP contribution in [0, 0.1) is 11.7 Å². The molecule has 0 fully saturated rings. The molecule has 1 unspecified atom stereocenters. The first-order valence-electron chi connectivity index (χ1n) is 7.93. The van der Waals surface area contributed by atoms with Gasteiger partial charge in [-0.25, -0.2) is 4.39 Å². The number of Topliss-reactive ketones (excluding diaryl/α,β-unsaturated/α-hetero) is 1. The molecular formula is C19H16F4O4. The number of carboxylic acids is 1. The first-order chi connectivity index (χ1) is 12.6. The van der Waals surface area contributed by atoms with Crippen LogP contribution in [0.25, 0.3) is 0 Å². The minimum Gasteiger partial charge on any atom is -0.488 e. The summed E-state index contributed by atoms with van der Waals surface area (Å²) in [4.78, 5) is 22.8. The maximum Gasteiger partial charge on any atom is 0.422 e. The number of ketones is 1.